The SMILES string of the molecule is CC[C@@H](N)C(=O)N(C)c1ccccc1C. The molecule has 0 aromatic heterocycles. The fourth-order valence-electron chi connectivity index (χ4n) is 1.48. The first-order valence-corrected chi connectivity index (χ1v) is 5.16. The number of hydrogen-bond donors (Lipinski definition) is 1. The fourth-order valence-corrected chi connectivity index (χ4v) is 1.48. The van der Waals surface area contributed by atoms with Crippen molar-refractivity contribution in [1.82, 2.24) is 0 Å². The molecule has 15 heavy (non-hydrogen) atoms. The number of likely N-dealkylation sites (N-methyl/N-ethyl adjacent to an activating group) is 1. The van der Waals surface area contributed by atoms with Gasteiger partial charge in [-0.1, -0.05) is 25.1 Å². The zero-order valence-electron chi connectivity index (χ0n) is 9.53. The Balaban J connectivity index is 2.90. The molecule has 0 spiro atoms. The minimum absolute atomic E-state index is 0.0354. The van der Waals surface area contributed by atoms with E-state index in [9.17, 15) is 4.79 Å². The van der Waals surface area contributed by atoms with E-state index in [1.54, 1.807) is 11.9 Å². The Bertz CT molecular complexity index is 349. The number of benzene rings is 1. The van der Waals surface area contributed by atoms with Gasteiger partial charge in [-0.2, -0.15) is 0 Å². The molecule has 3 heteroatoms. The van der Waals surface area contributed by atoms with E-state index < -0.39 is 6.04 Å². The molecule has 1 aromatic carbocycles. The third-order valence-corrected chi connectivity index (χ3v) is 2.56. The molecule has 0 unspecified atom stereocenters. The molecule has 2 N–H and O–H groups in total. The van der Waals surface area contributed by atoms with Crippen molar-refractivity contribution in [3.05, 3.63) is 29.8 Å². The minimum Gasteiger partial charge on any atom is -0.320 e. The second kappa shape index (κ2) is 4.94. The van der Waals surface area contributed by atoms with Crippen molar-refractivity contribution in [2.75, 3.05) is 11.9 Å². The lowest BCUT2D eigenvalue weighted by Crippen LogP contribution is -2.41. The van der Waals surface area contributed by atoms with E-state index >= 15 is 0 Å². The summed E-state index contributed by atoms with van der Waals surface area (Å²) in [5, 5.41) is 0. The fraction of sp³-hybridized carbons (Fsp3) is 0.417. The highest BCUT2D eigenvalue weighted by Crippen LogP contribution is 2.18. The molecule has 0 radical (unpaired) electrons. The maximum absolute atomic E-state index is 11.8. The van der Waals surface area contributed by atoms with Crippen LogP contribution in [0.3, 0.4) is 0 Å². The van der Waals surface area contributed by atoms with E-state index in [1.807, 2.05) is 38.1 Å². The van der Waals surface area contributed by atoms with Gasteiger partial charge in [0.2, 0.25) is 5.91 Å². The van der Waals surface area contributed by atoms with Crippen LogP contribution in [0.4, 0.5) is 5.69 Å². The molecule has 0 bridgehead atoms. The second-order valence-electron chi connectivity index (χ2n) is 3.70. The average molecular weight is 206 g/mol. The number of carbonyl (C=O) groups is 1. The van der Waals surface area contributed by atoms with Gasteiger partial charge < -0.3 is 10.6 Å². The highest BCUT2D eigenvalue weighted by Gasteiger charge is 2.18. The molecule has 0 aliphatic carbocycles. The van der Waals surface area contributed by atoms with Crippen LogP contribution in [-0.2, 0) is 4.79 Å². The minimum atomic E-state index is -0.408. The van der Waals surface area contributed by atoms with Gasteiger partial charge >= 0.3 is 0 Å². The van der Waals surface area contributed by atoms with Crippen molar-refractivity contribution >= 4 is 11.6 Å². The average Bonchev–Trinajstić information content (AvgIpc) is 2.26. The zero-order valence-corrected chi connectivity index (χ0v) is 9.53. The predicted molar refractivity (Wildman–Crippen MR) is 62.9 cm³/mol. The Kier molecular flexibility index (Phi) is 3.86. The molecule has 0 fully saturated rings. The standard InChI is InChI=1S/C12H18N2O/c1-4-10(13)12(15)14(3)11-8-6-5-7-9(11)2/h5-8,10H,4,13H2,1-3H3/t10-/m1/s1. The highest BCUT2D eigenvalue weighted by molar-refractivity contribution is 5.97. The number of amides is 1. The molecule has 0 heterocycles. The van der Waals surface area contributed by atoms with E-state index in [4.69, 9.17) is 5.73 Å². The third kappa shape index (κ3) is 2.57. The maximum atomic E-state index is 11.8. The number of rotatable bonds is 3. The lowest BCUT2D eigenvalue weighted by Gasteiger charge is -2.22. The first kappa shape index (κ1) is 11.7. The molecule has 82 valence electrons. The van der Waals surface area contributed by atoms with Crippen LogP contribution < -0.4 is 10.6 Å². The number of para-hydroxylation sites is 1. The number of aryl methyl sites for hydroxylation is 1. The Morgan fingerprint density at radius 1 is 1.47 bits per heavy atom. The molecule has 1 rings (SSSR count). The third-order valence-electron chi connectivity index (χ3n) is 2.56. The summed E-state index contributed by atoms with van der Waals surface area (Å²) in [7, 11) is 1.76. The summed E-state index contributed by atoms with van der Waals surface area (Å²) in [5.41, 5.74) is 7.72. The normalized spacial score (nSPS) is 12.3. The van der Waals surface area contributed by atoms with Crippen molar-refractivity contribution in [3.8, 4) is 0 Å². The molecule has 1 aromatic rings. The van der Waals surface area contributed by atoms with Crippen molar-refractivity contribution in [2.24, 2.45) is 5.73 Å². The Morgan fingerprint density at radius 3 is 2.60 bits per heavy atom. The van der Waals surface area contributed by atoms with Gasteiger partial charge in [-0.05, 0) is 25.0 Å². The summed E-state index contributed by atoms with van der Waals surface area (Å²) in [6.45, 7) is 3.89. The quantitative estimate of drug-likeness (QED) is 0.818. The number of carbonyl (C=O) groups excluding carboxylic acids is 1. The van der Waals surface area contributed by atoms with Crippen LogP contribution in [0, 0.1) is 6.92 Å². The van der Waals surface area contributed by atoms with Gasteiger partial charge in [-0.25, -0.2) is 0 Å². The topological polar surface area (TPSA) is 46.3 Å². The van der Waals surface area contributed by atoms with Gasteiger partial charge in [-0.15, -0.1) is 0 Å². The summed E-state index contributed by atoms with van der Waals surface area (Å²) < 4.78 is 0. The van der Waals surface area contributed by atoms with Gasteiger partial charge in [0.15, 0.2) is 0 Å². The molecule has 0 saturated heterocycles. The molecule has 0 saturated carbocycles. The lowest BCUT2D eigenvalue weighted by atomic mass is 10.1. The van der Waals surface area contributed by atoms with Crippen LogP contribution in [-0.4, -0.2) is 19.0 Å². The Morgan fingerprint density at radius 2 is 2.07 bits per heavy atom. The highest BCUT2D eigenvalue weighted by atomic mass is 16.2. The van der Waals surface area contributed by atoms with Gasteiger partial charge in [0.25, 0.3) is 0 Å². The van der Waals surface area contributed by atoms with E-state index in [-0.39, 0.29) is 5.91 Å². The number of hydrogen-bond acceptors (Lipinski definition) is 2. The van der Waals surface area contributed by atoms with Crippen LogP contribution in [0.25, 0.3) is 0 Å². The Hall–Kier alpha value is -1.35. The van der Waals surface area contributed by atoms with Gasteiger partial charge in [0, 0.05) is 12.7 Å². The Labute approximate surface area is 90.9 Å². The number of nitrogens with two attached hydrogens (primary N) is 1. The first-order chi connectivity index (χ1) is 7.07. The summed E-state index contributed by atoms with van der Waals surface area (Å²) in [6.07, 6.45) is 0.662. The van der Waals surface area contributed by atoms with Crippen LogP contribution in [0.15, 0.2) is 24.3 Å². The van der Waals surface area contributed by atoms with Gasteiger partial charge in [0.1, 0.15) is 0 Å². The van der Waals surface area contributed by atoms with Crippen LogP contribution >= 0.6 is 0 Å². The summed E-state index contributed by atoms with van der Waals surface area (Å²) in [6, 6.07) is 7.38. The number of anilines is 1. The molecular weight excluding hydrogens is 188 g/mol. The molecule has 3 nitrogen and oxygen atoms in total. The summed E-state index contributed by atoms with van der Waals surface area (Å²) in [4.78, 5) is 13.5. The summed E-state index contributed by atoms with van der Waals surface area (Å²) >= 11 is 0. The maximum Gasteiger partial charge on any atom is 0.243 e. The van der Waals surface area contributed by atoms with Gasteiger partial charge in [-0.3, -0.25) is 4.79 Å². The monoisotopic (exact) mass is 206 g/mol. The van der Waals surface area contributed by atoms with E-state index in [0.29, 0.717) is 6.42 Å². The van der Waals surface area contributed by atoms with E-state index in [2.05, 4.69) is 0 Å². The van der Waals surface area contributed by atoms with E-state index in [0.717, 1.165) is 11.3 Å². The van der Waals surface area contributed by atoms with Gasteiger partial charge in [0.05, 0.1) is 6.04 Å². The van der Waals surface area contributed by atoms with Crippen molar-refractivity contribution in [1.29, 1.82) is 0 Å². The second-order valence-corrected chi connectivity index (χ2v) is 3.70. The van der Waals surface area contributed by atoms with E-state index in [1.165, 1.54) is 0 Å². The lowest BCUT2D eigenvalue weighted by molar-refractivity contribution is -0.119. The van der Waals surface area contributed by atoms with Crippen LogP contribution in [0.1, 0.15) is 18.9 Å². The number of nitrogens with zero attached hydrogens (tertiary/aromatic N) is 1. The van der Waals surface area contributed by atoms with Crippen LogP contribution in [0.2, 0.25) is 0 Å². The molecule has 0 aliphatic heterocycles. The van der Waals surface area contributed by atoms with Crippen molar-refractivity contribution in [2.45, 2.75) is 26.3 Å². The molecule has 0 aliphatic rings. The largest absolute Gasteiger partial charge is 0.320 e. The summed E-state index contributed by atoms with van der Waals surface area (Å²) in [5.74, 6) is -0.0354. The molecule has 1 atom stereocenters. The van der Waals surface area contributed by atoms with Crippen LogP contribution in [0.5, 0.6) is 0 Å². The predicted octanol–water partition coefficient (Wildman–Crippen LogP) is 1.70. The molecular formula is C12H18N2O. The zero-order chi connectivity index (χ0) is 11.4. The van der Waals surface area contributed by atoms with Crippen molar-refractivity contribution in [3.63, 3.8) is 0 Å². The van der Waals surface area contributed by atoms with Crippen molar-refractivity contribution < 1.29 is 4.79 Å². The molecule has 1 amide bonds. The smallest absolute Gasteiger partial charge is 0.243 e. The first-order valence-electron chi connectivity index (χ1n) is 5.16.